The summed E-state index contributed by atoms with van der Waals surface area (Å²) in [5.41, 5.74) is 0.612. The molecule has 0 aromatic carbocycles. The molecule has 29 heavy (non-hydrogen) atoms. The Morgan fingerprint density at radius 1 is 1.00 bits per heavy atom. The maximum Gasteiger partial charge on any atom is 0.336 e. The van der Waals surface area contributed by atoms with Crippen LogP contribution in [0.5, 0.6) is 11.6 Å². The third kappa shape index (κ3) is 4.98. The lowest BCUT2D eigenvalue weighted by atomic mass is 10.1. The SMILES string of the molecule is O=C1/C=C\C(=O)OC2CCCn3nc(OCCCCN4CCCCCC4)c(c32)O1. The highest BCUT2D eigenvalue weighted by Gasteiger charge is 2.34. The number of esters is 2. The molecule has 1 fully saturated rings. The van der Waals surface area contributed by atoms with Gasteiger partial charge in [0.25, 0.3) is 5.88 Å². The molecule has 1 aromatic rings. The zero-order valence-corrected chi connectivity index (χ0v) is 16.8. The molecule has 0 amide bonds. The van der Waals surface area contributed by atoms with Gasteiger partial charge in [0, 0.05) is 18.7 Å². The van der Waals surface area contributed by atoms with Gasteiger partial charge in [0.2, 0.25) is 5.75 Å². The molecule has 0 spiro atoms. The topological polar surface area (TPSA) is 82.9 Å². The maximum atomic E-state index is 12.0. The standard InChI is InChI=1S/C21H29N3O5/c25-17-9-10-18(26)29-20-19-16(28-17)8-7-14-24(19)22-21(20)27-15-6-5-13-23-11-3-1-2-4-12-23/h9-10,16H,1-8,11-15H2/b10-9-. The highest BCUT2D eigenvalue weighted by atomic mass is 16.6. The molecule has 4 heterocycles. The van der Waals surface area contributed by atoms with Crippen molar-refractivity contribution < 1.29 is 23.8 Å². The van der Waals surface area contributed by atoms with Crippen LogP contribution in [0.1, 0.15) is 63.2 Å². The summed E-state index contributed by atoms with van der Waals surface area (Å²) in [7, 11) is 0. The molecule has 0 N–H and O–H groups in total. The van der Waals surface area contributed by atoms with Crippen LogP contribution in [0, 0.1) is 0 Å². The Morgan fingerprint density at radius 2 is 1.79 bits per heavy atom. The van der Waals surface area contributed by atoms with Gasteiger partial charge in [0.05, 0.1) is 6.61 Å². The summed E-state index contributed by atoms with van der Waals surface area (Å²) >= 11 is 0. The first kappa shape index (κ1) is 19.9. The lowest BCUT2D eigenvalue weighted by Gasteiger charge is -2.23. The minimum Gasteiger partial charge on any atom is -0.474 e. The Balaban J connectivity index is 1.38. The van der Waals surface area contributed by atoms with E-state index >= 15 is 0 Å². The Hall–Kier alpha value is -2.35. The van der Waals surface area contributed by atoms with Gasteiger partial charge >= 0.3 is 11.9 Å². The van der Waals surface area contributed by atoms with Crippen LogP contribution in [0.2, 0.25) is 0 Å². The van der Waals surface area contributed by atoms with Crippen LogP contribution in [-0.4, -0.2) is 52.9 Å². The molecule has 0 bridgehead atoms. The van der Waals surface area contributed by atoms with Crippen LogP contribution in [0.15, 0.2) is 12.2 Å². The van der Waals surface area contributed by atoms with Gasteiger partial charge in [-0.05, 0) is 58.2 Å². The zero-order chi connectivity index (χ0) is 20.1. The number of aryl methyl sites for hydroxylation is 1. The summed E-state index contributed by atoms with van der Waals surface area (Å²) < 4.78 is 18.6. The molecule has 3 aliphatic heterocycles. The number of hydrogen-bond acceptors (Lipinski definition) is 7. The molecule has 1 aromatic heterocycles. The first-order valence-corrected chi connectivity index (χ1v) is 10.8. The molecule has 1 saturated heterocycles. The Kier molecular flexibility index (Phi) is 6.49. The number of carbonyl (C=O) groups is 2. The first-order valence-electron chi connectivity index (χ1n) is 10.8. The predicted molar refractivity (Wildman–Crippen MR) is 105 cm³/mol. The average molecular weight is 403 g/mol. The third-order valence-electron chi connectivity index (χ3n) is 5.68. The van der Waals surface area contributed by atoms with Gasteiger partial charge in [-0.25, -0.2) is 9.59 Å². The summed E-state index contributed by atoms with van der Waals surface area (Å²) in [5.74, 6) is -0.589. The Labute approximate surface area is 170 Å². The molecule has 1 atom stereocenters. The Bertz CT molecular complexity index is 765. The normalized spacial score (nSPS) is 23.7. The summed E-state index contributed by atoms with van der Waals surface area (Å²) in [6, 6.07) is 0. The number of unbranched alkanes of at least 4 members (excludes halogenated alkanes) is 1. The molecular weight excluding hydrogens is 374 g/mol. The van der Waals surface area contributed by atoms with Crippen molar-refractivity contribution in [1.82, 2.24) is 14.7 Å². The number of hydrogen-bond donors (Lipinski definition) is 0. The summed E-state index contributed by atoms with van der Waals surface area (Å²) in [6.45, 7) is 4.67. The minimum absolute atomic E-state index is 0.284. The molecule has 8 heteroatoms. The molecule has 3 aliphatic rings. The predicted octanol–water partition coefficient (Wildman–Crippen LogP) is 2.77. The van der Waals surface area contributed by atoms with Crippen LogP contribution in [0.25, 0.3) is 0 Å². The largest absolute Gasteiger partial charge is 0.474 e. The fraction of sp³-hybridized carbons (Fsp3) is 0.667. The van der Waals surface area contributed by atoms with E-state index in [1.165, 1.54) is 38.8 Å². The van der Waals surface area contributed by atoms with Crippen molar-refractivity contribution in [2.45, 2.75) is 64.0 Å². The van der Waals surface area contributed by atoms with Gasteiger partial charge in [-0.3, -0.25) is 4.68 Å². The van der Waals surface area contributed by atoms with Crippen molar-refractivity contribution in [3.05, 3.63) is 17.8 Å². The molecule has 158 valence electrons. The second-order valence-electron chi connectivity index (χ2n) is 7.88. The van der Waals surface area contributed by atoms with Crippen molar-refractivity contribution in [3.63, 3.8) is 0 Å². The maximum absolute atomic E-state index is 12.0. The van der Waals surface area contributed by atoms with Crippen LogP contribution >= 0.6 is 0 Å². The number of rotatable bonds is 6. The van der Waals surface area contributed by atoms with Gasteiger partial charge in [0.1, 0.15) is 11.8 Å². The summed E-state index contributed by atoms with van der Waals surface area (Å²) in [5, 5.41) is 4.48. The minimum atomic E-state index is -0.630. The van der Waals surface area contributed by atoms with Crippen LogP contribution in [-0.2, 0) is 20.9 Å². The third-order valence-corrected chi connectivity index (χ3v) is 5.68. The molecule has 0 radical (unpaired) electrons. The monoisotopic (exact) mass is 403 g/mol. The van der Waals surface area contributed by atoms with Crippen molar-refractivity contribution >= 4 is 11.9 Å². The van der Waals surface area contributed by atoms with E-state index in [4.69, 9.17) is 14.2 Å². The van der Waals surface area contributed by atoms with Gasteiger partial charge in [-0.1, -0.05) is 12.8 Å². The van der Waals surface area contributed by atoms with E-state index in [1.807, 2.05) is 0 Å². The van der Waals surface area contributed by atoms with Crippen LogP contribution < -0.4 is 9.47 Å². The fourth-order valence-electron chi connectivity index (χ4n) is 4.20. The van der Waals surface area contributed by atoms with Gasteiger partial charge in [-0.2, -0.15) is 0 Å². The molecule has 0 aliphatic carbocycles. The second kappa shape index (κ2) is 9.43. The van der Waals surface area contributed by atoms with E-state index < -0.39 is 18.0 Å². The van der Waals surface area contributed by atoms with E-state index in [0.717, 1.165) is 38.0 Å². The van der Waals surface area contributed by atoms with Gasteiger partial charge in [-0.15, -0.1) is 5.10 Å². The van der Waals surface area contributed by atoms with Crippen molar-refractivity contribution in [3.8, 4) is 11.6 Å². The number of likely N-dealkylation sites (tertiary alicyclic amines) is 1. The van der Waals surface area contributed by atoms with E-state index in [0.29, 0.717) is 31.1 Å². The molecular formula is C21H29N3O5. The van der Waals surface area contributed by atoms with E-state index in [1.54, 1.807) is 4.68 Å². The fourth-order valence-corrected chi connectivity index (χ4v) is 4.20. The number of aromatic nitrogens is 2. The Morgan fingerprint density at radius 3 is 2.62 bits per heavy atom. The summed E-state index contributed by atoms with van der Waals surface area (Å²) in [4.78, 5) is 26.4. The first-order chi connectivity index (χ1) is 14.2. The lowest BCUT2D eigenvalue weighted by Crippen LogP contribution is -2.26. The van der Waals surface area contributed by atoms with Crippen molar-refractivity contribution in [2.24, 2.45) is 0 Å². The zero-order valence-electron chi connectivity index (χ0n) is 16.8. The molecule has 8 nitrogen and oxygen atoms in total. The van der Waals surface area contributed by atoms with Crippen LogP contribution in [0.3, 0.4) is 0 Å². The van der Waals surface area contributed by atoms with Gasteiger partial charge in [0.15, 0.2) is 0 Å². The summed E-state index contributed by atoms with van der Waals surface area (Å²) in [6.07, 6.45) is 10.5. The smallest absolute Gasteiger partial charge is 0.336 e. The molecule has 0 saturated carbocycles. The average Bonchev–Trinajstić information content (AvgIpc) is 2.89. The lowest BCUT2D eigenvalue weighted by molar-refractivity contribution is -0.144. The number of nitrogens with zero attached hydrogens (tertiary/aromatic N) is 3. The van der Waals surface area contributed by atoms with E-state index in [9.17, 15) is 9.59 Å². The van der Waals surface area contributed by atoms with Crippen molar-refractivity contribution in [2.75, 3.05) is 26.2 Å². The van der Waals surface area contributed by atoms with E-state index in [-0.39, 0.29) is 5.75 Å². The highest BCUT2D eigenvalue weighted by molar-refractivity contribution is 5.93. The number of carbonyl (C=O) groups excluding carboxylic acids is 2. The molecule has 1 unspecified atom stereocenters. The van der Waals surface area contributed by atoms with E-state index in [2.05, 4.69) is 10.00 Å². The second-order valence-corrected chi connectivity index (χ2v) is 7.88. The van der Waals surface area contributed by atoms with Crippen molar-refractivity contribution in [1.29, 1.82) is 0 Å². The van der Waals surface area contributed by atoms with Crippen LogP contribution in [0.4, 0.5) is 0 Å². The number of ether oxygens (including phenoxy) is 3. The molecule has 4 rings (SSSR count). The highest BCUT2D eigenvalue weighted by Crippen LogP contribution is 2.41. The van der Waals surface area contributed by atoms with Gasteiger partial charge < -0.3 is 19.1 Å². The quantitative estimate of drug-likeness (QED) is 0.533.